The lowest BCUT2D eigenvalue weighted by atomic mass is 10.4. The van der Waals surface area contributed by atoms with Crippen molar-refractivity contribution in [2.24, 2.45) is 5.92 Å². The highest BCUT2D eigenvalue weighted by Gasteiger charge is 2.21. The van der Waals surface area contributed by atoms with Gasteiger partial charge in [-0.1, -0.05) is 0 Å². The van der Waals surface area contributed by atoms with Crippen molar-refractivity contribution < 1.29 is 4.74 Å². The van der Waals surface area contributed by atoms with Crippen LogP contribution in [0.25, 0.3) is 0 Å². The molecule has 1 aromatic rings. The highest BCUT2D eigenvalue weighted by atomic mass is 32.2. The topological polar surface area (TPSA) is 71.1 Å². The maximum Gasteiger partial charge on any atom is 0.131 e. The monoisotopic (exact) mass is 283 g/mol. The van der Waals surface area contributed by atoms with Gasteiger partial charge >= 0.3 is 0 Å². The zero-order valence-electron chi connectivity index (χ0n) is 10.4. The van der Waals surface area contributed by atoms with Crippen LogP contribution in [-0.2, 0) is 4.74 Å². The summed E-state index contributed by atoms with van der Waals surface area (Å²) in [5.41, 5.74) is 6.49. The van der Waals surface area contributed by atoms with Gasteiger partial charge in [0.25, 0.3) is 0 Å². The van der Waals surface area contributed by atoms with E-state index < -0.39 is 0 Å². The van der Waals surface area contributed by atoms with Gasteiger partial charge in [0.15, 0.2) is 0 Å². The van der Waals surface area contributed by atoms with Gasteiger partial charge in [-0.2, -0.15) is 5.26 Å². The zero-order chi connectivity index (χ0) is 13.0. The van der Waals surface area contributed by atoms with Crippen LogP contribution in [0.4, 0.5) is 10.7 Å². The van der Waals surface area contributed by atoms with Gasteiger partial charge in [-0.25, -0.2) is 0 Å². The number of hydrogen-bond donors (Lipinski definition) is 2. The first kappa shape index (κ1) is 13.5. The van der Waals surface area contributed by atoms with Crippen molar-refractivity contribution in [1.82, 2.24) is 0 Å². The Kier molecular flexibility index (Phi) is 4.75. The van der Waals surface area contributed by atoms with Crippen LogP contribution in [0.3, 0.4) is 0 Å². The molecule has 0 unspecified atom stereocenters. The molecule has 1 heterocycles. The molecular formula is C12H17N3OS2. The van der Waals surface area contributed by atoms with Crippen molar-refractivity contribution >= 4 is 33.8 Å². The van der Waals surface area contributed by atoms with Gasteiger partial charge in [0.05, 0.1) is 17.2 Å². The first-order chi connectivity index (χ1) is 8.76. The molecule has 0 radical (unpaired) electrons. The minimum absolute atomic E-state index is 0.584. The van der Waals surface area contributed by atoms with Gasteiger partial charge in [0, 0.05) is 13.2 Å². The largest absolute Gasteiger partial charge is 0.396 e. The number of rotatable bonds is 7. The molecule has 0 amide bonds. The highest BCUT2D eigenvalue weighted by molar-refractivity contribution is 7.99. The average molecular weight is 283 g/mol. The van der Waals surface area contributed by atoms with Crippen LogP contribution in [0.1, 0.15) is 17.7 Å². The Balaban J connectivity index is 1.82. The Morgan fingerprint density at radius 1 is 1.61 bits per heavy atom. The molecule has 1 aliphatic carbocycles. The lowest BCUT2D eigenvalue weighted by Gasteiger charge is -2.06. The zero-order valence-corrected chi connectivity index (χ0v) is 12.0. The Morgan fingerprint density at radius 3 is 3.00 bits per heavy atom. The summed E-state index contributed by atoms with van der Waals surface area (Å²) in [6.07, 6.45) is 4.60. The van der Waals surface area contributed by atoms with Gasteiger partial charge in [-0.15, -0.1) is 23.1 Å². The number of nitrogens with one attached hydrogen (secondary N) is 1. The van der Waals surface area contributed by atoms with Crippen LogP contribution in [0, 0.1) is 17.2 Å². The molecule has 0 atom stereocenters. The number of nitrogen functional groups attached to an aromatic ring is 1. The van der Waals surface area contributed by atoms with Gasteiger partial charge in [0.2, 0.25) is 0 Å². The van der Waals surface area contributed by atoms with E-state index in [0.29, 0.717) is 17.2 Å². The quantitative estimate of drug-likeness (QED) is 0.595. The average Bonchev–Trinajstić information content (AvgIpc) is 3.14. The minimum atomic E-state index is 0.584. The second-order valence-corrected chi connectivity index (χ2v) is 6.10. The third kappa shape index (κ3) is 3.31. The van der Waals surface area contributed by atoms with E-state index in [4.69, 9.17) is 15.7 Å². The second kappa shape index (κ2) is 6.32. The number of nitrogens with zero attached hydrogens (tertiary/aromatic N) is 1. The first-order valence-electron chi connectivity index (χ1n) is 5.94. The maximum absolute atomic E-state index is 8.95. The van der Waals surface area contributed by atoms with E-state index in [2.05, 4.69) is 11.4 Å². The van der Waals surface area contributed by atoms with Crippen LogP contribution in [0.5, 0.6) is 0 Å². The maximum atomic E-state index is 8.95. The molecule has 4 nitrogen and oxygen atoms in total. The van der Waals surface area contributed by atoms with E-state index in [1.54, 1.807) is 11.8 Å². The van der Waals surface area contributed by atoms with Crippen LogP contribution < -0.4 is 11.1 Å². The summed E-state index contributed by atoms with van der Waals surface area (Å²) in [4.78, 5) is 1.56. The van der Waals surface area contributed by atoms with Crippen molar-refractivity contribution in [2.45, 2.75) is 17.7 Å². The lowest BCUT2D eigenvalue weighted by molar-refractivity contribution is 0.134. The molecule has 0 aliphatic heterocycles. The van der Waals surface area contributed by atoms with Gasteiger partial charge in [-0.3, -0.25) is 0 Å². The highest BCUT2D eigenvalue weighted by Crippen LogP contribution is 2.41. The molecule has 98 valence electrons. The molecule has 2 rings (SSSR count). The fourth-order valence-corrected chi connectivity index (χ4v) is 3.46. The Morgan fingerprint density at radius 2 is 2.39 bits per heavy atom. The van der Waals surface area contributed by atoms with Crippen molar-refractivity contribution in [3.63, 3.8) is 0 Å². The lowest BCUT2D eigenvalue weighted by Crippen LogP contribution is -2.10. The fourth-order valence-electron chi connectivity index (χ4n) is 1.60. The van der Waals surface area contributed by atoms with E-state index >= 15 is 0 Å². The van der Waals surface area contributed by atoms with Gasteiger partial charge in [-0.05, 0) is 25.0 Å². The second-order valence-electron chi connectivity index (χ2n) is 4.26. The minimum Gasteiger partial charge on any atom is -0.396 e. The molecule has 0 bridgehead atoms. The van der Waals surface area contributed by atoms with Crippen molar-refractivity contribution in [3.05, 3.63) is 4.88 Å². The van der Waals surface area contributed by atoms with E-state index in [1.165, 1.54) is 24.2 Å². The van der Waals surface area contributed by atoms with Crippen LogP contribution >= 0.6 is 23.1 Å². The van der Waals surface area contributed by atoms with E-state index in [0.717, 1.165) is 29.0 Å². The van der Waals surface area contributed by atoms with E-state index in [9.17, 15) is 0 Å². The van der Waals surface area contributed by atoms with Gasteiger partial charge < -0.3 is 15.8 Å². The standard InChI is InChI=1S/C12H17N3OS2/c1-17-11-10(14)9(6-13)18-12(11)15-4-5-16-7-8-2-3-8/h8,15H,2-5,7,14H2,1H3. The summed E-state index contributed by atoms with van der Waals surface area (Å²) in [7, 11) is 0. The molecule has 1 saturated carbocycles. The predicted molar refractivity (Wildman–Crippen MR) is 77.3 cm³/mol. The number of hydrogen-bond acceptors (Lipinski definition) is 6. The molecule has 0 aromatic carbocycles. The normalized spacial score (nSPS) is 14.4. The molecule has 18 heavy (non-hydrogen) atoms. The third-order valence-electron chi connectivity index (χ3n) is 2.79. The molecule has 1 aliphatic rings. The summed E-state index contributed by atoms with van der Waals surface area (Å²) in [5, 5.41) is 13.2. The molecule has 0 saturated heterocycles. The molecule has 3 N–H and O–H groups in total. The SMILES string of the molecule is CSc1c(NCCOCC2CC2)sc(C#N)c1N. The summed E-state index contributed by atoms with van der Waals surface area (Å²) in [6.45, 7) is 2.34. The molecule has 0 spiro atoms. The fraction of sp³-hybridized carbons (Fsp3) is 0.583. The molecule has 1 fully saturated rings. The van der Waals surface area contributed by atoms with Crippen molar-refractivity contribution in [1.29, 1.82) is 5.26 Å². The number of nitriles is 1. The number of thiophene rings is 1. The van der Waals surface area contributed by atoms with Crippen LogP contribution in [0.15, 0.2) is 4.90 Å². The van der Waals surface area contributed by atoms with Crippen molar-refractivity contribution in [2.75, 3.05) is 37.1 Å². The summed E-state index contributed by atoms with van der Waals surface area (Å²) in [5.74, 6) is 0.800. The summed E-state index contributed by atoms with van der Waals surface area (Å²) >= 11 is 2.98. The van der Waals surface area contributed by atoms with Crippen molar-refractivity contribution in [3.8, 4) is 6.07 Å². The Bertz CT molecular complexity index is 449. The third-order valence-corrected chi connectivity index (χ3v) is 4.82. The first-order valence-corrected chi connectivity index (χ1v) is 7.98. The smallest absolute Gasteiger partial charge is 0.131 e. The number of ether oxygens (including phenoxy) is 1. The number of anilines is 2. The Hall–Kier alpha value is -0.900. The van der Waals surface area contributed by atoms with E-state index in [-0.39, 0.29) is 0 Å². The molecular weight excluding hydrogens is 266 g/mol. The summed E-state index contributed by atoms with van der Waals surface area (Å²) < 4.78 is 5.56. The predicted octanol–water partition coefficient (Wildman–Crippen LogP) is 2.76. The van der Waals surface area contributed by atoms with E-state index in [1.807, 2.05) is 6.26 Å². The van der Waals surface area contributed by atoms with Gasteiger partial charge in [0.1, 0.15) is 15.9 Å². The number of thioether (sulfide) groups is 1. The van der Waals surface area contributed by atoms with Crippen LogP contribution in [-0.4, -0.2) is 26.0 Å². The molecule has 6 heteroatoms. The number of nitrogens with two attached hydrogens (primary N) is 1. The Labute approximate surface area is 116 Å². The molecule has 1 aromatic heterocycles. The van der Waals surface area contributed by atoms with Crippen LogP contribution in [0.2, 0.25) is 0 Å². The summed E-state index contributed by atoms with van der Waals surface area (Å²) in [6, 6.07) is 2.12.